The molecule has 2 aromatic rings. The highest BCUT2D eigenvalue weighted by Gasteiger charge is 2.37. The van der Waals surface area contributed by atoms with E-state index >= 15 is 0 Å². The van der Waals surface area contributed by atoms with E-state index in [9.17, 15) is 19.8 Å². The number of benzene rings is 2. The van der Waals surface area contributed by atoms with Crippen LogP contribution in [0.2, 0.25) is 0 Å². The minimum atomic E-state index is -0.551. The molecule has 184 valence electrons. The summed E-state index contributed by atoms with van der Waals surface area (Å²) >= 11 is 0. The summed E-state index contributed by atoms with van der Waals surface area (Å²) in [4.78, 5) is 30.8. The number of aromatic hydroxyl groups is 2. The van der Waals surface area contributed by atoms with Crippen LogP contribution in [0.4, 0.5) is 11.4 Å². The fourth-order valence-electron chi connectivity index (χ4n) is 3.99. The normalized spacial score (nSPS) is 12.8. The summed E-state index contributed by atoms with van der Waals surface area (Å²) in [5, 5.41) is 45.2. The van der Waals surface area contributed by atoms with Gasteiger partial charge in [-0.05, 0) is 38.4 Å². The number of aliphatic hydroxyl groups is 2. The van der Waals surface area contributed by atoms with Crippen molar-refractivity contribution in [2.75, 3.05) is 77.2 Å². The van der Waals surface area contributed by atoms with Gasteiger partial charge >= 0.3 is 0 Å². The monoisotopic (exact) mass is 472 g/mol. The van der Waals surface area contributed by atoms with Crippen LogP contribution in [-0.4, -0.2) is 108 Å². The topological polar surface area (TPSA) is 146 Å². The number of hydrogen-bond donors (Lipinski definition) is 6. The summed E-state index contributed by atoms with van der Waals surface area (Å²) in [7, 11) is 3.72. The van der Waals surface area contributed by atoms with Gasteiger partial charge in [0.05, 0.1) is 35.5 Å². The summed E-state index contributed by atoms with van der Waals surface area (Å²) in [6.45, 7) is 3.19. The number of phenolic OH excluding ortho intramolecular Hbond substituents is 2. The van der Waals surface area contributed by atoms with Crippen LogP contribution < -0.4 is 10.6 Å². The lowest BCUT2D eigenvalue weighted by Crippen LogP contribution is -2.30. The Labute approximate surface area is 198 Å². The van der Waals surface area contributed by atoms with Crippen LogP contribution in [0.5, 0.6) is 11.5 Å². The molecule has 0 fully saturated rings. The first kappa shape index (κ1) is 25.4. The molecule has 34 heavy (non-hydrogen) atoms. The second-order valence-electron chi connectivity index (χ2n) is 8.33. The maximum atomic E-state index is 13.5. The van der Waals surface area contributed by atoms with E-state index in [-0.39, 0.29) is 47.0 Å². The van der Waals surface area contributed by atoms with Crippen molar-refractivity contribution in [2.45, 2.75) is 0 Å². The van der Waals surface area contributed by atoms with Gasteiger partial charge in [0.1, 0.15) is 11.5 Å². The Morgan fingerprint density at radius 3 is 1.38 bits per heavy atom. The predicted octanol–water partition coefficient (Wildman–Crippen LogP) is 0.545. The third-order valence-electron chi connectivity index (χ3n) is 5.86. The highest BCUT2D eigenvalue weighted by Crippen LogP contribution is 2.42. The fraction of sp³-hybridized carbons (Fsp3) is 0.417. The summed E-state index contributed by atoms with van der Waals surface area (Å²) < 4.78 is 0. The molecule has 0 bridgehead atoms. The first-order valence-electron chi connectivity index (χ1n) is 11.2. The molecule has 10 nitrogen and oxygen atoms in total. The van der Waals surface area contributed by atoms with Gasteiger partial charge in [0.15, 0.2) is 0 Å². The van der Waals surface area contributed by atoms with E-state index in [0.717, 1.165) is 0 Å². The number of rotatable bonds is 12. The summed E-state index contributed by atoms with van der Waals surface area (Å²) in [6.07, 6.45) is 0. The Bertz CT molecular complexity index is 976. The third kappa shape index (κ3) is 5.31. The van der Waals surface area contributed by atoms with Crippen molar-refractivity contribution in [1.29, 1.82) is 0 Å². The van der Waals surface area contributed by atoms with Gasteiger partial charge in [0.2, 0.25) is 11.6 Å². The maximum Gasteiger partial charge on any atom is 0.200 e. The fourth-order valence-corrected chi connectivity index (χ4v) is 3.99. The van der Waals surface area contributed by atoms with Crippen LogP contribution in [0, 0.1) is 0 Å². The number of hydrogen-bond acceptors (Lipinski definition) is 10. The average Bonchev–Trinajstić information content (AvgIpc) is 2.79. The van der Waals surface area contributed by atoms with Gasteiger partial charge in [-0.3, -0.25) is 9.59 Å². The molecule has 0 saturated carbocycles. The van der Waals surface area contributed by atoms with Gasteiger partial charge in [-0.25, -0.2) is 0 Å². The number of anilines is 2. The van der Waals surface area contributed by atoms with Gasteiger partial charge in [0.25, 0.3) is 0 Å². The van der Waals surface area contributed by atoms with E-state index in [1.54, 1.807) is 12.1 Å². The Morgan fingerprint density at radius 1 is 0.647 bits per heavy atom. The van der Waals surface area contributed by atoms with Crippen LogP contribution in [0.15, 0.2) is 24.3 Å². The molecular formula is C24H32N4O6. The van der Waals surface area contributed by atoms with Gasteiger partial charge in [-0.15, -0.1) is 0 Å². The number of phenols is 2. The van der Waals surface area contributed by atoms with E-state index in [2.05, 4.69) is 10.6 Å². The molecule has 0 saturated heterocycles. The van der Waals surface area contributed by atoms with Crippen molar-refractivity contribution in [3.05, 3.63) is 46.5 Å². The molecule has 2 aromatic carbocycles. The molecule has 0 atom stereocenters. The van der Waals surface area contributed by atoms with E-state index < -0.39 is 11.6 Å². The SMILES string of the molecule is CN(CCO)CCNc1ccc(NCCN(C)CCO)c2c1C(=O)c1c(O)ccc(O)c1C2=O. The molecule has 0 unspecified atom stereocenters. The van der Waals surface area contributed by atoms with Gasteiger partial charge in [-0.1, -0.05) is 0 Å². The van der Waals surface area contributed by atoms with Crippen LogP contribution in [0.3, 0.4) is 0 Å². The highest BCUT2D eigenvalue weighted by atomic mass is 16.3. The Balaban J connectivity index is 1.98. The van der Waals surface area contributed by atoms with Crippen LogP contribution in [0.1, 0.15) is 31.8 Å². The molecule has 0 radical (unpaired) electrons. The zero-order valence-corrected chi connectivity index (χ0v) is 19.5. The lowest BCUT2D eigenvalue weighted by Gasteiger charge is -2.25. The van der Waals surface area contributed by atoms with Gasteiger partial charge in [-0.2, -0.15) is 0 Å². The van der Waals surface area contributed by atoms with Crippen LogP contribution in [-0.2, 0) is 0 Å². The lowest BCUT2D eigenvalue weighted by atomic mass is 9.81. The molecule has 1 aliphatic carbocycles. The molecule has 10 heteroatoms. The number of nitrogens with zero attached hydrogens (tertiary/aromatic N) is 2. The summed E-state index contributed by atoms with van der Waals surface area (Å²) in [5.74, 6) is -1.83. The standard InChI is InChI=1S/C24H32N4O6/c1-27(11-13-29)9-7-25-15-3-4-16(26-8-10-28(2)12-14-30)20-19(15)23(33)21-17(31)5-6-18(32)22(21)24(20)34/h3-6,25-26,29-32H,7-14H2,1-2H3. The van der Waals surface area contributed by atoms with E-state index in [1.165, 1.54) is 12.1 Å². The molecule has 0 spiro atoms. The maximum absolute atomic E-state index is 13.5. The second-order valence-corrected chi connectivity index (χ2v) is 8.33. The number of fused-ring (bicyclic) bond motifs is 2. The number of carbonyl (C=O) groups excluding carboxylic acids is 2. The molecule has 1 aliphatic rings. The molecular weight excluding hydrogens is 440 g/mol. The molecule has 0 amide bonds. The first-order chi connectivity index (χ1) is 16.3. The number of nitrogens with one attached hydrogen (secondary N) is 2. The zero-order valence-electron chi connectivity index (χ0n) is 19.5. The molecule has 3 rings (SSSR count). The van der Waals surface area contributed by atoms with Crippen molar-refractivity contribution in [1.82, 2.24) is 9.80 Å². The predicted molar refractivity (Wildman–Crippen MR) is 129 cm³/mol. The van der Waals surface area contributed by atoms with Crippen molar-refractivity contribution >= 4 is 22.9 Å². The first-order valence-corrected chi connectivity index (χ1v) is 11.2. The second kappa shape index (κ2) is 11.3. The Morgan fingerprint density at radius 2 is 1.03 bits per heavy atom. The summed E-state index contributed by atoms with van der Waals surface area (Å²) in [5.41, 5.74) is 0.744. The van der Waals surface area contributed by atoms with E-state index in [0.29, 0.717) is 50.6 Å². The van der Waals surface area contributed by atoms with Crippen LogP contribution >= 0.6 is 0 Å². The lowest BCUT2D eigenvalue weighted by molar-refractivity contribution is 0.0975. The van der Waals surface area contributed by atoms with Gasteiger partial charge < -0.3 is 40.9 Å². The Hall–Kier alpha value is -3.18. The number of likely N-dealkylation sites (N-methyl/N-ethyl adjacent to an activating group) is 2. The van der Waals surface area contributed by atoms with E-state index in [4.69, 9.17) is 10.2 Å². The number of carbonyl (C=O) groups is 2. The molecule has 6 N–H and O–H groups in total. The minimum absolute atomic E-state index is 0.0340. The molecule has 0 heterocycles. The minimum Gasteiger partial charge on any atom is -0.507 e. The zero-order chi connectivity index (χ0) is 24.8. The van der Waals surface area contributed by atoms with E-state index in [1.807, 2.05) is 23.9 Å². The van der Waals surface area contributed by atoms with Crippen LogP contribution in [0.25, 0.3) is 0 Å². The summed E-state index contributed by atoms with van der Waals surface area (Å²) in [6, 6.07) is 5.81. The van der Waals surface area contributed by atoms with Crippen molar-refractivity contribution in [2.24, 2.45) is 0 Å². The molecule has 0 aromatic heterocycles. The highest BCUT2D eigenvalue weighted by molar-refractivity contribution is 6.33. The molecule has 0 aliphatic heterocycles. The van der Waals surface area contributed by atoms with Crippen molar-refractivity contribution in [3.8, 4) is 11.5 Å². The van der Waals surface area contributed by atoms with Crippen molar-refractivity contribution < 1.29 is 30.0 Å². The smallest absolute Gasteiger partial charge is 0.200 e. The van der Waals surface area contributed by atoms with Gasteiger partial charge in [0, 0.05) is 50.6 Å². The van der Waals surface area contributed by atoms with Crippen molar-refractivity contribution in [3.63, 3.8) is 0 Å². The Kier molecular flexibility index (Phi) is 8.46. The average molecular weight is 473 g/mol. The third-order valence-corrected chi connectivity index (χ3v) is 5.86. The number of aliphatic hydroxyl groups excluding tert-OH is 2. The largest absolute Gasteiger partial charge is 0.507 e. The number of ketones is 2. The quantitative estimate of drug-likeness (QED) is 0.207.